The molecule has 0 radical (unpaired) electrons. The number of pyridine rings is 1. The van der Waals surface area contributed by atoms with Crippen LogP contribution in [-0.2, 0) is 10.0 Å². The highest BCUT2D eigenvalue weighted by Gasteiger charge is 2.42. The number of carboxylic acids is 1. The summed E-state index contributed by atoms with van der Waals surface area (Å²) in [5.74, 6) is -0.629. The summed E-state index contributed by atoms with van der Waals surface area (Å²) in [5.41, 5.74) is 6.39. The van der Waals surface area contributed by atoms with Crippen LogP contribution in [0.2, 0.25) is 0 Å². The zero-order chi connectivity index (χ0) is 30.3. The van der Waals surface area contributed by atoms with Gasteiger partial charge in [0.1, 0.15) is 5.75 Å². The number of methoxy groups -OCH3 is 1. The molecule has 1 saturated heterocycles. The van der Waals surface area contributed by atoms with E-state index >= 15 is 0 Å². The number of aryl methyl sites for hydroxylation is 2. The molecule has 42 heavy (non-hydrogen) atoms. The van der Waals surface area contributed by atoms with Crippen molar-refractivity contribution in [2.75, 3.05) is 23.0 Å². The van der Waals surface area contributed by atoms with Crippen molar-refractivity contribution in [2.24, 2.45) is 0 Å². The van der Waals surface area contributed by atoms with Crippen LogP contribution in [0.25, 0.3) is 5.69 Å². The Morgan fingerprint density at radius 2 is 1.86 bits per heavy atom. The van der Waals surface area contributed by atoms with Crippen LogP contribution in [-0.4, -0.2) is 47.5 Å². The van der Waals surface area contributed by atoms with Crippen LogP contribution in [0.15, 0.2) is 66.9 Å². The maximum atomic E-state index is 12.1. The number of nitrogens with zero attached hydrogens (tertiary/aromatic N) is 3. The summed E-state index contributed by atoms with van der Waals surface area (Å²) < 4.78 is 34.3. The molecule has 0 unspecified atom stereocenters. The van der Waals surface area contributed by atoms with Crippen LogP contribution in [0.1, 0.15) is 50.7 Å². The molecule has 0 spiro atoms. The molecule has 10 nitrogen and oxygen atoms in total. The van der Waals surface area contributed by atoms with Gasteiger partial charge in [-0.2, -0.15) is 0 Å². The molecular weight excluding hydrogens is 574 g/mol. The second kappa shape index (κ2) is 11.1. The lowest BCUT2D eigenvalue weighted by molar-refractivity contribution is 0.0696. The number of ether oxygens (including phenoxy) is 1. The number of sulfonamides is 1. The summed E-state index contributed by atoms with van der Waals surface area (Å²) in [4.78, 5) is 18.4. The van der Waals surface area contributed by atoms with Crippen LogP contribution in [0.5, 0.6) is 5.75 Å². The average Bonchev–Trinajstić information content (AvgIpc) is 3.43. The molecule has 2 aromatic heterocycles. The van der Waals surface area contributed by atoms with Gasteiger partial charge in [0.05, 0.1) is 42.4 Å². The lowest BCUT2D eigenvalue weighted by atomic mass is 9.96. The molecule has 3 heterocycles. The molecule has 0 amide bonds. The first-order valence-electron chi connectivity index (χ1n) is 13.1. The van der Waals surface area contributed by atoms with Gasteiger partial charge in [0.15, 0.2) is 5.11 Å². The van der Waals surface area contributed by atoms with Gasteiger partial charge in [-0.05, 0) is 92.6 Å². The minimum absolute atomic E-state index is 0.200. The predicted octanol–water partition coefficient (Wildman–Crippen LogP) is 5.05. The van der Waals surface area contributed by atoms with Gasteiger partial charge in [-0.3, -0.25) is 9.71 Å². The van der Waals surface area contributed by atoms with Gasteiger partial charge in [-0.1, -0.05) is 12.1 Å². The third-order valence-electron chi connectivity index (χ3n) is 7.34. The highest BCUT2D eigenvalue weighted by atomic mass is 32.2. The summed E-state index contributed by atoms with van der Waals surface area (Å²) in [7, 11) is -2.12. The van der Waals surface area contributed by atoms with Crippen molar-refractivity contribution < 1.29 is 23.1 Å². The highest BCUT2D eigenvalue weighted by molar-refractivity contribution is 7.92. The molecule has 5 rings (SSSR count). The number of thiocarbonyl (C=S) groups is 1. The van der Waals surface area contributed by atoms with E-state index in [1.54, 1.807) is 36.5 Å². The third kappa shape index (κ3) is 5.42. The number of nitrogens with one attached hydrogen (secondary N) is 2. The van der Waals surface area contributed by atoms with E-state index in [0.29, 0.717) is 16.5 Å². The maximum absolute atomic E-state index is 12.1. The normalized spacial score (nSPS) is 16.8. The second-order valence-corrected chi connectivity index (χ2v) is 12.4. The van der Waals surface area contributed by atoms with Crippen molar-refractivity contribution in [2.45, 2.75) is 32.9 Å². The van der Waals surface area contributed by atoms with Gasteiger partial charge >= 0.3 is 5.97 Å². The van der Waals surface area contributed by atoms with Crippen LogP contribution in [0, 0.1) is 20.8 Å². The Kier molecular flexibility index (Phi) is 7.69. The zero-order valence-electron chi connectivity index (χ0n) is 23.7. The smallest absolute Gasteiger partial charge is 0.335 e. The van der Waals surface area contributed by atoms with E-state index in [4.69, 9.17) is 17.0 Å². The maximum Gasteiger partial charge on any atom is 0.335 e. The molecule has 218 valence electrons. The van der Waals surface area contributed by atoms with E-state index in [1.807, 2.05) is 49.9 Å². The topological polar surface area (TPSA) is 126 Å². The monoisotopic (exact) mass is 605 g/mol. The van der Waals surface area contributed by atoms with Crippen molar-refractivity contribution in [1.82, 2.24) is 14.9 Å². The quantitative estimate of drug-likeness (QED) is 0.237. The highest BCUT2D eigenvalue weighted by Crippen LogP contribution is 2.45. The number of benzene rings is 2. The Labute approximate surface area is 250 Å². The minimum Gasteiger partial charge on any atom is -0.495 e. The van der Waals surface area contributed by atoms with Crippen molar-refractivity contribution in [3.05, 3.63) is 101 Å². The first-order chi connectivity index (χ1) is 19.9. The molecule has 0 aliphatic carbocycles. The zero-order valence-corrected chi connectivity index (χ0v) is 25.4. The lowest BCUT2D eigenvalue weighted by Crippen LogP contribution is -2.29. The number of carboxylic acid groups (broad SMARTS) is 1. The van der Waals surface area contributed by atoms with E-state index in [9.17, 15) is 18.3 Å². The van der Waals surface area contributed by atoms with Crippen LogP contribution < -0.4 is 19.7 Å². The Hall–Kier alpha value is -4.42. The number of anilines is 2. The Bertz CT molecular complexity index is 1800. The standard InChI is InChI=1S/C30H31N5O5S2/c1-17-9-10-20(29(36)37)15-25(17)34-18(2)14-22(19(34)3)28-27(23-8-6-7-13-31-23)32-30(41)35(28)21-11-12-26(40-4)24(16-21)33-42(5,38)39/h6-16,27-28,33H,1-5H3,(H,32,41)(H,36,37)/t27-,28-/m0/s1. The van der Waals surface area contributed by atoms with E-state index in [2.05, 4.69) is 25.7 Å². The van der Waals surface area contributed by atoms with Crippen LogP contribution in [0.3, 0.4) is 0 Å². The number of aromatic carboxylic acids is 1. The summed E-state index contributed by atoms with van der Waals surface area (Å²) in [6.45, 7) is 5.92. The van der Waals surface area contributed by atoms with Gasteiger partial charge in [0, 0.05) is 29.0 Å². The molecule has 3 N–H and O–H groups in total. The molecule has 0 bridgehead atoms. The molecule has 1 aliphatic rings. The summed E-state index contributed by atoms with van der Waals surface area (Å²) >= 11 is 5.88. The lowest BCUT2D eigenvalue weighted by Gasteiger charge is -2.29. The number of hydrogen-bond acceptors (Lipinski definition) is 6. The van der Waals surface area contributed by atoms with Crippen LogP contribution in [0.4, 0.5) is 11.4 Å². The summed E-state index contributed by atoms with van der Waals surface area (Å²) in [6, 6.07) is 17.3. The van der Waals surface area contributed by atoms with Gasteiger partial charge < -0.3 is 24.6 Å². The van der Waals surface area contributed by atoms with E-state index in [0.717, 1.165) is 40.2 Å². The van der Waals surface area contributed by atoms with Gasteiger partial charge in [0.25, 0.3) is 0 Å². The fourth-order valence-corrected chi connectivity index (χ4v) is 6.42. The van der Waals surface area contributed by atoms with E-state index in [1.165, 1.54) is 7.11 Å². The Morgan fingerprint density at radius 3 is 2.50 bits per heavy atom. The van der Waals surface area contributed by atoms with Crippen molar-refractivity contribution in [3.63, 3.8) is 0 Å². The fraction of sp³-hybridized carbons (Fsp3) is 0.233. The summed E-state index contributed by atoms with van der Waals surface area (Å²) in [6.07, 6.45) is 2.81. The molecule has 1 aliphatic heterocycles. The molecular formula is C30H31N5O5S2. The molecule has 1 fully saturated rings. The molecule has 2 atom stereocenters. The number of hydrogen-bond donors (Lipinski definition) is 3. The minimum atomic E-state index is -3.59. The number of rotatable bonds is 8. The molecule has 12 heteroatoms. The van der Waals surface area contributed by atoms with E-state index < -0.39 is 16.0 Å². The Morgan fingerprint density at radius 1 is 1.10 bits per heavy atom. The predicted molar refractivity (Wildman–Crippen MR) is 166 cm³/mol. The number of aromatic nitrogens is 2. The fourth-order valence-electron chi connectivity index (χ4n) is 5.52. The molecule has 2 aromatic carbocycles. The second-order valence-electron chi connectivity index (χ2n) is 10.2. The largest absolute Gasteiger partial charge is 0.495 e. The Balaban J connectivity index is 1.70. The van der Waals surface area contributed by atoms with Crippen molar-refractivity contribution >= 4 is 44.7 Å². The average molecular weight is 606 g/mol. The van der Waals surface area contributed by atoms with Crippen molar-refractivity contribution in [1.29, 1.82) is 0 Å². The van der Waals surface area contributed by atoms with Crippen molar-refractivity contribution in [3.8, 4) is 11.4 Å². The summed E-state index contributed by atoms with van der Waals surface area (Å²) in [5, 5.41) is 13.5. The van der Waals surface area contributed by atoms with Gasteiger partial charge in [-0.25, -0.2) is 13.2 Å². The van der Waals surface area contributed by atoms with Gasteiger partial charge in [0.2, 0.25) is 10.0 Å². The molecule has 0 saturated carbocycles. The van der Waals surface area contributed by atoms with Gasteiger partial charge in [-0.15, -0.1) is 0 Å². The molecule has 4 aromatic rings. The number of carbonyl (C=O) groups is 1. The SMILES string of the molecule is COc1ccc(N2C(=S)N[C@@H](c3ccccn3)[C@@H]2c2cc(C)n(-c3cc(C(=O)O)ccc3C)c2C)cc1NS(C)(=O)=O. The van der Waals surface area contributed by atoms with Crippen LogP contribution >= 0.6 is 12.2 Å². The third-order valence-corrected chi connectivity index (χ3v) is 8.25. The first-order valence-corrected chi connectivity index (χ1v) is 15.4. The van der Waals surface area contributed by atoms with E-state index in [-0.39, 0.29) is 23.3 Å². The first kappa shape index (κ1) is 29.1.